The third-order valence-electron chi connectivity index (χ3n) is 11.5. The monoisotopic (exact) mass is 826 g/mol. The number of nitrogens with zero attached hydrogens (tertiary/aromatic N) is 3. The van der Waals surface area contributed by atoms with Gasteiger partial charge in [-0.15, -0.1) is 0 Å². The molecule has 1 atom stereocenters. The van der Waals surface area contributed by atoms with E-state index in [4.69, 9.17) is 4.99 Å². The van der Waals surface area contributed by atoms with Gasteiger partial charge >= 0.3 is 0 Å². The second kappa shape index (κ2) is 19.1. The number of phenols is 2. The largest absolute Gasteiger partial charge is 0.508 e. The van der Waals surface area contributed by atoms with Crippen molar-refractivity contribution in [3.05, 3.63) is 217 Å². The summed E-state index contributed by atoms with van der Waals surface area (Å²) in [6.45, 7) is 9.62. The van der Waals surface area contributed by atoms with E-state index in [1.807, 2.05) is 61.5 Å². The Morgan fingerprint density at radius 1 is 0.492 bits per heavy atom. The van der Waals surface area contributed by atoms with Crippen LogP contribution in [-0.2, 0) is 0 Å². The van der Waals surface area contributed by atoms with Crippen LogP contribution < -0.4 is 15.1 Å². The van der Waals surface area contributed by atoms with Crippen LogP contribution in [0.1, 0.15) is 44.9 Å². The number of para-hydroxylation sites is 4. The summed E-state index contributed by atoms with van der Waals surface area (Å²) >= 11 is 0. The highest BCUT2D eigenvalue weighted by Crippen LogP contribution is 2.38. The van der Waals surface area contributed by atoms with E-state index in [2.05, 4.69) is 188 Å². The first-order valence-corrected chi connectivity index (χ1v) is 21.6. The molecule has 63 heavy (non-hydrogen) atoms. The average molecular weight is 827 g/mol. The molecular weight excluding hydrogens is 773 g/mol. The highest BCUT2D eigenvalue weighted by Gasteiger charge is 2.21. The maximum Gasteiger partial charge on any atom is 0.125 e. The Bertz CT molecular complexity index is 2680. The quantitative estimate of drug-likeness (QED) is 0.0898. The molecule has 3 N–H and O–H groups in total. The standard InChI is InChI=1S/C57H54N4O2/c1-41(53-35-29-45(37-55(53)62)43-25-31-51(32-26-43)60(47-17-9-5-10-18-47)48-19-11-6-12-20-48)58-39-57(3,4)40-59-42(2)54-36-30-46(38-56(54)63)44-27-33-52(34-28-44)61(49-21-13-7-14-22-49)50-23-15-8-16-24-50/h5-38,41,58,62-63H,39-40H2,1-4H3. The lowest BCUT2D eigenvalue weighted by atomic mass is 9.92. The minimum atomic E-state index is -0.190. The van der Waals surface area contributed by atoms with E-state index in [1.165, 1.54) is 0 Å². The highest BCUT2D eigenvalue weighted by molar-refractivity contribution is 6.01. The summed E-state index contributed by atoms with van der Waals surface area (Å²) in [6.07, 6.45) is 0. The number of aromatic hydroxyl groups is 2. The summed E-state index contributed by atoms with van der Waals surface area (Å²) in [6, 6.07) is 70.0. The molecule has 8 aromatic carbocycles. The number of phenolic OH excluding ortho intramolecular Hbond substituents is 2. The van der Waals surface area contributed by atoms with Crippen molar-refractivity contribution in [3.8, 4) is 33.8 Å². The first kappa shape index (κ1) is 42.3. The van der Waals surface area contributed by atoms with Gasteiger partial charge in [0, 0.05) is 70.1 Å². The SMILES string of the molecule is CC(=NCC(C)(C)CNC(C)c1ccc(-c2ccc(N(c3ccccc3)c3ccccc3)cc2)cc1O)c1ccc(-c2ccc(N(c3ccccc3)c3ccccc3)cc2)cc1O. The molecule has 8 rings (SSSR count). The predicted octanol–water partition coefficient (Wildman–Crippen LogP) is 14.6. The van der Waals surface area contributed by atoms with E-state index >= 15 is 0 Å². The van der Waals surface area contributed by atoms with Crippen molar-refractivity contribution in [2.45, 2.75) is 33.7 Å². The topological polar surface area (TPSA) is 71.3 Å². The second-order valence-electron chi connectivity index (χ2n) is 16.8. The number of hydrogen-bond donors (Lipinski definition) is 3. The summed E-state index contributed by atoms with van der Waals surface area (Å²) in [5.74, 6) is 0.462. The van der Waals surface area contributed by atoms with Gasteiger partial charge in [-0.1, -0.05) is 129 Å². The highest BCUT2D eigenvalue weighted by atomic mass is 16.3. The van der Waals surface area contributed by atoms with E-state index in [1.54, 1.807) is 0 Å². The molecule has 0 fully saturated rings. The van der Waals surface area contributed by atoms with Crippen molar-refractivity contribution < 1.29 is 10.2 Å². The van der Waals surface area contributed by atoms with Gasteiger partial charge in [0.05, 0.1) is 0 Å². The van der Waals surface area contributed by atoms with Crippen molar-refractivity contribution in [1.29, 1.82) is 0 Å². The first-order chi connectivity index (χ1) is 30.6. The fourth-order valence-corrected chi connectivity index (χ4v) is 7.93. The van der Waals surface area contributed by atoms with Crippen LogP contribution in [0.2, 0.25) is 0 Å². The molecule has 0 saturated heterocycles. The van der Waals surface area contributed by atoms with Gasteiger partial charge < -0.3 is 25.3 Å². The number of hydrogen-bond acceptors (Lipinski definition) is 6. The number of aliphatic imine (C=N–C) groups is 1. The van der Waals surface area contributed by atoms with E-state index in [-0.39, 0.29) is 23.0 Å². The Hall–Kier alpha value is -7.41. The van der Waals surface area contributed by atoms with Crippen molar-refractivity contribution in [2.75, 3.05) is 22.9 Å². The number of anilines is 6. The Kier molecular flexibility index (Phi) is 12.8. The van der Waals surface area contributed by atoms with Gasteiger partial charge in [-0.05, 0) is 133 Å². The molecule has 0 saturated carbocycles. The van der Waals surface area contributed by atoms with E-state index in [0.717, 1.165) is 73.2 Å². The zero-order valence-electron chi connectivity index (χ0n) is 36.4. The fourth-order valence-electron chi connectivity index (χ4n) is 7.93. The molecule has 0 amide bonds. The molecule has 6 nitrogen and oxygen atoms in total. The summed E-state index contributed by atoms with van der Waals surface area (Å²) in [4.78, 5) is 9.41. The predicted molar refractivity (Wildman–Crippen MR) is 264 cm³/mol. The zero-order chi connectivity index (χ0) is 43.8. The summed E-state index contributed by atoms with van der Waals surface area (Å²) in [5, 5.41) is 26.1. The molecule has 1 unspecified atom stereocenters. The third kappa shape index (κ3) is 10.0. The molecule has 0 aliphatic rings. The maximum atomic E-state index is 11.2. The Labute approximate surface area is 372 Å². The number of benzene rings is 8. The van der Waals surface area contributed by atoms with Crippen LogP contribution in [0, 0.1) is 5.41 Å². The lowest BCUT2D eigenvalue weighted by molar-refractivity contribution is 0.333. The Balaban J connectivity index is 0.886. The Morgan fingerprint density at radius 2 is 0.857 bits per heavy atom. The second-order valence-corrected chi connectivity index (χ2v) is 16.8. The summed E-state index contributed by atoms with van der Waals surface area (Å²) in [5.41, 5.74) is 12.5. The van der Waals surface area contributed by atoms with Gasteiger partial charge in [0.25, 0.3) is 0 Å². The molecule has 0 aliphatic heterocycles. The average Bonchev–Trinajstić information content (AvgIpc) is 3.32. The van der Waals surface area contributed by atoms with Gasteiger partial charge in [0.1, 0.15) is 11.5 Å². The van der Waals surface area contributed by atoms with Gasteiger partial charge in [0.2, 0.25) is 0 Å². The smallest absolute Gasteiger partial charge is 0.125 e. The van der Waals surface area contributed by atoms with Gasteiger partial charge in [-0.25, -0.2) is 0 Å². The maximum absolute atomic E-state index is 11.2. The van der Waals surface area contributed by atoms with Gasteiger partial charge in [0.15, 0.2) is 0 Å². The van der Waals surface area contributed by atoms with Gasteiger partial charge in [-0.2, -0.15) is 0 Å². The van der Waals surface area contributed by atoms with Crippen LogP contribution in [0.5, 0.6) is 11.5 Å². The van der Waals surface area contributed by atoms with Crippen molar-refractivity contribution >= 4 is 39.8 Å². The molecule has 0 heterocycles. The molecule has 0 aromatic heterocycles. The lowest BCUT2D eigenvalue weighted by Gasteiger charge is -2.26. The molecule has 0 spiro atoms. The minimum Gasteiger partial charge on any atom is -0.508 e. The first-order valence-electron chi connectivity index (χ1n) is 21.6. The normalized spacial score (nSPS) is 12.2. The molecule has 0 radical (unpaired) electrons. The third-order valence-corrected chi connectivity index (χ3v) is 11.5. The summed E-state index contributed by atoms with van der Waals surface area (Å²) in [7, 11) is 0. The minimum absolute atomic E-state index is 0.0820. The molecule has 0 aliphatic carbocycles. The van der Waals surface area contributed by atoms with E-state index in [9.17, 15) is 10.2 Å². The van der Waals surface area contributed by atoms with Gasteiger partial charge in [-0.3, -0.25) is 4.99 Å². The van der Waals surface area contributed by atoms with Crippen LogP contribution in [0.15, 0.2) is 211 Å². The Morgan fingerprint density at radius 3 is 1.25 bits per heavy atom. The number of nitrogens with one attached hydrogen (secondary N) is 1. The fraction of sp³-hybridized carbons (Fsp3) is 0.140. The number of rotatable bonds is 15. The lowest BCUT2D eigenvalue weighted by Crippen LogP contribution is -2.33. The zero-order valence-corrected chi connectivity index (χ0v) is 36.4. The molecule has 6 heteroatoms. The van der Waals surface area contributed by atoms with E-state index < -0.39 is 0 Å². The van der Waals surface area contributed by atoms with Crippen LogP contribution in [0.3, 0.4) is 0 Å². The molecular formula is C57H54N4O2. The van der Waals surface area contributed by atoms with Crippen LogP contribution in [0.25, 0.3) is 22.3 Å². The molecule has 314 valence electrons. The van der Waals surface area contributed by atoms with Crippen LogP contribution >= 0.6 is 0 Å². The van der Waals surface area contributed by atoms with Crippen LogP contribution in [-0.4, -0.2) is 29.0 Å². The van der Waals surface area contributed by atoms with Crippen molar-refractivity contribution in [3.63, 3.8) is 0 Å². The summed E-state index contributed by atoms with van der Waals surface area (Å²) < 4.78 is 0. The van der Waals surface area contributed by atoms with Crippen molar-refractivity contribution in [1.82, 2.24) is 5.32 Å². The van der Waals surface area contributed by atoms with E-state index in [0.29, 0.717) is 13.1 Å². The molecule has 8 aromatic rings. The van der Waals surface area contributed by atoms with Crippen molar-refractivity contribution in [2.24, 2.45) is 10.4 Å². The van der Waals surface area contributed by atoms with Crippen LogP contribution in [0.4, 0.5) is 34.1 Å². The molecule has 0 bridgehead atoms.